The predicted octanol–water partition coefficient (Wildman–Crippen LogP) is 6.74. The van der Waals surface area contributed by atoms with Gasteiger partial charge in [0.15, 0.2) is 0 Å². The van der Waals surface area contributed by atoms with Crippen LogP contribution in [0, 0.1) is 10.1 Å². The zero-order chi connectivity index (χ0) is 25.3. The van der Waals surface area contributed by atoms with Crippen molar-refractivity contribution in [1.82, 2.24) is 0 Å². The molecule has 0 aliphatic rings. The number of hydrogen-bond acceptors (Lipinski definition) is 7. The average Bonchev–Trinajstić information content (AvgIpc) is 2.91. The van der Waals surface area contributed by atoms with Crippen LogP contribution in [0.15, 0.2) is 102 Å². The number of ether oxygens (including phenoxy) is 3. The highest BCUT2D eigenvalue weighted by atomic mass is 16.6. The van der Waals surface area contributed by atoms with Gasteiger partial charge in [-0.1, -0.05) is 65.8 Å². The van der Waals surface area contributed by atoms with E-state index in [2.05, 4.69) is 5.16 Å². The SMILES string of the molecule is C/C(=N\O)c1c(OCc2ccccc2)cc(OCc2ccccc2)cc1Oc1ccc([N+](=O)[O-])cc1. The molecule has 0 bridgehead atoms. The molecule has 0 amide bonds. The Kier molecular flexibility index (Phi) is 7.77. The molecule has 8 nitrogen and oxygen atoms in total. The largest absolute Gasteiger partial charge is 0.489 e. The average molecular weight is 485 g/mol. The number of rotatable bonds is 10. The van der Waals surface area contributed by atoms with Gasteiger partial charge in [0.2, 0.25) is 0 Å². The van der Waals surface area contributed by atoms with E-state index >= 15 is 0 Å². The lowest BCUT2D eigenvalue weighted by Crippen LogP contribution is -2.06. The van der Waals surface area contributed by atoms with Gasteiger partial charge in [0.25, 0.3) is 5.69 Å². The minimum Gasteiger partial charge on any atom is -0.489 e. The van der Waals surface area contributed by atoms with Gasteiger partial charge in [-0.05, 0) is 30.2 Å². The van der Waals surface area contributed by atoms with E-state index in [0.717, 1.165) is 11.1 Å². The van der Waals surface area contributed by atoms with Crippen LogP contribution in [0.4, 0.5) is 5.69 Å². The Bertz CT molecular complexity index is 1340. The third-order valence-corrected chi connectivity index (χ3v) is 5.31. The number of nitrogens with zero attached hydrogens (tertiary/aromatic N) is 2. The molecule has 182 valence electrons. The first-order chi connectivity index (χ1) is 17.5. The molecule has 1 N–H and O–H groups in total. The second kappa shape index (κ2) is 11.5. The highest BCUT2D eigenvalue weighted by molar-refractivity contribution is 6.03. The fourth-order valence-electron chi connectivity index (χ4n) is 3.49. The second-order valence-electron chi connectivity index (χ2n) is 7.88. The van der Waals surface area contributed by atoms with Gasteiger partial charge >= 0.3 is 0 Å². The Morgan fingerprint density at radius 2 is 1.36 bits per heavy atom. The summed E-state index contributed by atoms with van der Waals surface area (Å²) >= 11 is 0. The van der Waals surface area contributed by atoms with Gasteiger partial charge < -0.3 is 19.4 Å². The molecule has 0 spiro atoms. The van der Waals surface area contributed by atoms with Crippen molar-refractivity contribution in [2.75, 3.05) is 0 Å². The minimum atomic E-state index is -0.481. The summed E-state index contributed by atoms with van der Waals surface area (Å²) in [5.74, 6) is 1.56. The zero-order valence-corrected chi connectivity index (χ0v) is 19.5. The summed E-state index contributed by atoms with van der Waals surface area (Å²) in [4.78, 5) is 10.5. The van der Waals surface area contributed by atoms with Gasteiger partial charge in [-0.2, -0.15) is 0 Å². The van der Waals surface area contributed by atoms with Gasteiger partial charge in [-0.3, -0.25) is 10.1 Å². The summed E-state index contributed by atoms with van der Waals surface area (Å²) in [6.45, 7) is 2.21. The van der Waals surface area contributed by atoms with Crippen LogP contribution < -0.4 is 14.2 Å². The van der Waals surface area contributed by atoms with E-state index < -0.39 is 4.92 Å². The molecule has 4 rings (SSSR count). The van der Waals surface area contributed by atoms with Crippen molar-refractivity contribution < 1.29 is 24.3 Å². The van der Waals surface area contributed by atoms with E-state index in [1.165, 1.54) is 24.3 Å². The van der Waals surface area contributed by atoms with E-state index in [1.54, 1.807) is 19.1 Å². The molecule has 0 fully saturated rings. The molecule has 0 saturated heterocycles. The number of nitro groups is 1. The topological polar surface area (TPSA) is 103 Å². The first-order valence-corrected chi connectivity index (χ1v) is 11.2. The van der Waals surface area contributed by atoms with Crippen molar-refractivity contribution in [3.63, 3.8) is 0 Å². The molecule has 4 aromatic carbocycles. The number of oxime groups is 1. The van der Waals surface area contributed by atoms with E-state index in [4.69, 9.17) is 14.2 Å². The highest BCUT2D eigenvalue weighted by Gasteiger charge is 2.19. The number of non-ortho nitro benzene ring substituents is 1. The molecular formula is C28H24N2O6. The molecule has 0 atom stereocenters. The van der Waals surface area contributed by atoms with Crippen LogP contribution in [0.25, 0.3) is 0 Å². The molecule has 36 heavy (non-hydrogen) atoms. The normalized spacial score (nSPS) is 11.1. The van der Waals surface area contributed by atoms with Gasteiger partial charge in [-0.15, -0.1) is 0 Å². The number of hydrogen-bond donors (Lipinski definition) is 1. The van der Waals surface area contributed by atoms with Crippen LogP contribution >= 0.6 is 0 Å². The zero-order valence-electron chi connectivity index (χ0n) is 19.5. The van der Waals surface area contributed by atoms with Crippen LogP contribution in [0.2, 0.25) is 0 Å². The van der Waals surface area contributed by atoms with E-state index in [1.807, 2.05) is 60.7 Å². The molecule has 0 aromatic heterocycles. The van der Waals surface area contributed by atoms with Crippen molar-refractivity contribution in [3.05, 3.63) is 124 Å². The first kappa shape index (κ1) is 24.3. The van der Waals surface area contributed by atoms with Crippen LogP contribution in [0.1, 0.15) is 23.6 Å². The van der Waals surface area contributed by atoms with Gasteiger partial charge in [-0.25, -0.2) is 0 Å². The molecule has 0 aliphatic carbocycles. The molecule has 8 heteroatoms. The maximum Gasteiger partial charge on any atom is 0.269 e. The van der Waals surface area contributed by atoms with Gasteiger partial charge in [0.1, 0.15) is 36.2 Å². The van der Waals surface area contributed by atoms with E-state index in [9.17, 15) is 15.3 Å². The Balaban J connectivity index is 1.71. The van der Waals surface area contributed by atoms with Gasteiger partial charge in [0, 0.05) is 24.3 Å². The van der Waals surface area contributed by atoms with Crippen molar-refractivity contribution >= 4 is 11.4 Å². The van der Waals surface area contributed by atoms with Crippen LogP contribution in [-0.2, 0) is 13.2 Å². The Labute approximate surface area is 208 Å². The highest BCUT2D eigenvalue weighted by Crippen LogP contribution is 2.38. The van der Waals surface area contributed by atoms with Crippen molar-refractivity contribution in [3.8, 4) is 23.0 Å². The van der Waals surface area contributed by atoms with Crippen molar-refractivity contribution in [2.24, 2.45) is 5.16 Å². The number of benzene rings is 4. The second-order valence-corrected chi connectivity index (χ2v) is 7.88. The fraction of sp³-hybridized carbons (Fsp3) is 0.107. The Morgan fingerprint density at radius 1 is 0.806 bits per heavy atom. The van der Waals surface area contributed by atoms with E-state index in [0.29, 0.717) is 35.2 Å². The molecule has 0 heterocycles. The lowest BCUT2D eigenvalue weighted by atomic mass is 10.1. The van der Waals surface area contributed by atoms with Crippen LogP contribution in [0.3, 0.4) is 0 Å². The predicted molar refractivity (Wildman–Crippen MR) is 135 cm³/mol. The molecule has 4 aromatic rings. The summed E-state index contributed by atoms with van der Waals surface area (Å²) in [7, 11) is 0. The third kappa shape index (κ3) is 6.18. The standard InChI is InChI=1S/C28H24N2O6/c1-20(29-31)28-26(35-19-22-10-6-3-7-11-22)16-25(34-18-21-8-4-2-5-9-21)17-27(28)36-24-14-12-23(13-15-24)30(32)33/h2-17,31H,18-19H2,1H3/b29-20+. The maximum absolute atomic E-state index is 11.0. The van der Waals surface area contributed by atoms with Crippen molar-refractivity contribution in [2.45, 2.75) is 20.1 Å². The van der Waals surface area contributed by atoms with E-state index in [-0.39, 0.29) is 18.0 Å². The lowest BCUT2D eigenvalue weighted by molar-refractivity contribution is -0.384. The van der Waals surface area contributed by atoms with Crippen LogP contribution in [-0.4, -0.2) is 15.8 Å². The monoisotopic (exact) mass is 484 g/mol. The minimum absolute atomic E-state index is 0.0532. The number of nitro benzene ring substituents is 1. The fourth-order valence-corrected chi connectivity index (χ4v) is 3.49. The summed E-state index contributed by atoms with van der Waals surface area (Å²) < 4.78 is 18.2. The Hall–Kier alpha value is -4.85. The summed E-state index contributed by atoms with van der Waals surface area (Å²) in [5.41, 5.74) is 2.58. The smallest absolute Gasteiger partial charge is 0.269 e. The third-order valence-electron chi connectivity index (χ3n) is 5.31. The first-order valence-electron chi connectivity index (χ1n) is 11.2. The summed E-state index contributed by atoms with van der Waals surface area (Å²) in [6, 6.07) is 28.4. The maximum atomic E-state index is 11.0. The quantitative estimate of drug-likeness (QED) is 0.116. The molecular weight excluding hydrogens is 460 g/mol. The molecule has 0 unspecified atom stereocenters. The van der Waals surface area contributed by atoms with Gasteiger partial charge in [0.05, 0.1) is 16.2 Å². The lowest BCUT2D eigenvalue weighted by Gasteiger charge is -2.18. The Morgan fingerprint density at radius 3 is 1.92 bits per heavy atom. The molecule has 0 aliphatic heterocycles. The summed E-state index contributed by atoms with van der Waals surface area (Å²) in [6.07, 6.45) is 0. The molecule has 0 saturated carbocycles. The molecule has 0 radical (unpaired) electrons. The van der Waals surface area contributed by atoms with Crippen LogP contribution in [0.5, 0.6) is 23.0 Å². The van der Waals surface area contributed by atoms with Crippen molar-refractivity contribution in [1.29, 1.82) is 0 Å². The summed E-state index contributed by atoms with van der Waals surface area (Å²) in [5, 5.41) is 23.9.